The zero-order chi connectivity index (χ0) is 13.1. The van der Waals surface area contributed by atoms with Crippen molar-refractivity contribution >= 4 is 5.97 Å². The van der Waals surface area contributed by atoms with Gasteiger partial charge in [0.25, 0.3) is 0 Å². The molecule has 0 aliphatic heterocycles. The van der Waals surface area contributed by atoms with Crippen LogP contribution in [-0.2, 0) is 6.42 Å². The topological polar surface area (TPSA) is 59.7 Å². The molecule has 0 aliphatic rings. The van der Waals surface area contributed by atoms with Crippen molar-refractivity contribution in [3.8, 4) is 5.75 Å². The van der Waals surface area contributed by atoms with Gasteiger partial charge < -0.3 is 14.3 Å². The summed E-state index contributed by atoms with van der Waals surface area (Å²) in [6.45, 7) is 1.85. The first-order valence-corrected chi connectivity index (χ1v) is 5.55. The lowest BCUT2D eigenvalue weighted by atomic mass is 10.0. The molecule has 1 N–H and O–H groups in total. The Bertz CT molecular complexity index is 569. The van der Waals surface area contributed by atoms with E-state index >= 15 is 0 Å². The highest BCUT2D eigenvalue weighted by Crippen LogP contribution is 2.21. The van der Waals surface area contributed by atoms with Gasteiger partial charge in [-0.15, -0.1) is 0 Å². The van der Waals surface area contributed by atoms with Gasteiger partial charge in [-0.25, -0.2) is 4.79 Å². The van der Waals surface area contributed by atoms with Crippen LogP contribution in [0.5, 0.6) is 5.75 Å². The van der Waals surface area contributed by atoms with Crippen molar-refractivity contribution in [3.05, 3.63) is 53.0 Å². The van der Waals surface area contributed by atoms with Crippen LogP contribution in [0.2, 0.25) is 0 Å². The third-order valence-electron chi connectivity index (χ3n) is 2.70. The molecule has 4 heteroatoms. The van der Waals surface area contributed by atoms with Crippen molar-refractivity contribution in [2.24, 2.45) is 0 Å². The molecule has 1 aromatic heterocycles. The average Bonchev–Trinajstić information content (AvgIpc) is 2.74. The van der Waals surface area contributed by atoms with Crippen LogP contribution in [0.4, 0.5) is 0 Å². The third-order valence-corrected chi connectivity index (χ3v) is 2.70. The van der Waals surface area contributed by atoms with Crippen LogP contribution >= 0.6 is 0 Å². The van der Waals surface area contributed by atoms with Gasteiger partial charge in [0.2, 0.25) is 0 Å². The predicted octanol–water partition coefficient (Wildman–Crippen LogP) is 2.89. The smallest absolute Gasteiger partial charge is 0.335 e. The van der Waals surface area contributed by atoms with Crippen molar-refractivity contribution in [2.75, 3.05) is 7.11 Å². The number of benzene rings is 1. The molecule has 1 aromatic carbocycles. The Labute approximate surface area is 105 Å². The molecule has 0 fully saturated rings. The minimum absolute atomic E-state index is 0.268. The van der Waals surface area contributed by atoms with E-state index in [1.54, 1.807) is 25.3 Å². The number of ether oxygens (including phenoxy) is 1. The van der Waals surface area contributed by atoms with E-state index in [2.05, 4.69) is 0 Å². The molecule has 0 bridgehead atoms. The third kappa shape index (κ3) is 2.53. The maximum Gasteiger partial charge on any atom is 0.335 e. The highest BCUT2D eigenvalue weighted by Gasteiger charge is 2.13. The van der Waals surface area contributed by atoms with Gasteiger partial charge in [-0.1, -0.05) is 0 Å². The fourth-order valence-electron chi connectivity index (χ4n) is 1.82. The summed E-state index contributed by atoms with van der Waals surface area (Å²) in [4.78, 5) is 11.1. The second-order valence-corrected chi connectivity index (χ2v) is 4.02. The summed E-state index contributed by atoms with van der Waals surface area (Å²) in [6.07, 6.45) is 0.437. The molecular formula is C14H14O4. The number of methoxy groups -OCH3 is 1. The van der Waals surface area contributed by atoms with Gasteiger partial charge in [-0.3, -0.25) is 0 Å². The number of aromatic carboxylic acids is 1. The van der Waals surface area contributed by atoms with Gasteiger partial charge in [-0.05, 0) is 42.8 Å². The number of hydrogen-bond acceptors (Lipinski definition) is 3. The summed E-state index contributed by atoms with van der Waals surface area (Å²) in [5.74, 6) is 1.24. The Morgan fingerprint density at radius 1 is 1.33 bits per heavy atom. The van der Waals surface area contributed by atoms with E-state index in [1.807, 2.05) is 19.1 Å². The fourth-order valence-corrected chi connectivity index (χ4v) is 1.82. The predicted molar refractivity (Wildman–Crippen MR) is 66.2 cm³/mol. The van der Waals surface area contributed by atoms with E-state index in [-0.39, 0.29) is 5.56 Å². The monoisotopic (exact) mass is 246 g/mol. The number of carboxylic acids is 1. The van der Waals surface area contributed by atoms with Crippen molar-refractivity contribution in [1.82, 2.24) is 0 Å². The average molecular weight is 246 g/mol. The molecule has 0 unspecified atom stereocenters. The molecule has 0 saturated heterocycles. The second-order valence-electron chi connectivity index (χ2n) is 4.02. The molecule has 2 aromatic rings. The molecule has 94 valence electrons. The van der Waals surface area contributed by atoms with Gasteiger partial charge in [-0.2, -0.15) is 0 Å². The molecule has 18 heavy (non-hydrogen) atoms. The number of hydrogen-bond donors (Lipinski definition) is 1. The first kappa shape index (κ1) is 12.2. The normalized spacial score (nSPS) is 10.3. The molecule has 1 heterocycles. The molecule has 2 rings (SSSR count). The van der Waals surface area contributed by atoms with E-state index in [4.69, 9.17) is 14.3 Å². The molecule has 0 saturated carbocycles. The van der Waals surface area contributed by atoms with Crippen molar-refractivity contribution in [2.45, 2.75) is 13.3 Å². The van der Waals surface area contributed by atoms with Gasteiger partial charge in [0, 0.05) is 6.42 Å². The highest BCUT2D eigenvalue weighted by atomic mass is 16.5. The van der Waals surface area contributed by atoms with Crippen molar-refractivity contribution in [1.29, 1.82) is 0 Å². The lowest BCUT2D eigenvalue weighted by molar-refractivity contribution is 0.0696. The summed E-state index contributed by atoms with van der Waals surface area (Å²) < 4.78 is 10.6. The maximum atomic E-state index is 11.1. The Morgan fingerprint density at radius 2 is 2.11 bits per heavy atom. The standard InChI is InChI=1S/C14H14O4/c1-9-3-4-12(18-9)8-10-7-11(17-2)5-6-13(10)14(15)16/h3-7H,8H2,1-2H3,(H,15,16). The van der Waals surface area contributed by atoms with Crippen LogP contribution in [0.25, 0.3) is 0 Å². The summed E-state index contributed by atoms with van der Waals surface area (Å²) in [5, 5.41) is 9.14. The first-order chi connectivity index (χ1) is 8.60. The van der Waals surface area contributed by atoms with E-state index in [0.29, 0.717) is 17.7 Å². The van der Waals surface area contributed by atoms with Gasteiger partial charge in [0.05, 0.1) is 12.7 Å². The summed E-state index contributed by atoms with van der Waals surface area (Å²) in [6, 6.07) is 8.62. The minimum Gasteiger partial charge on any atom is -0.497 e. The van der Waals surface area contributed by atoms with Crippen LogP contribution in [0, 0.1) is 6.92 Å². The maximum absolute atomic E-state index is 11.1. The van der Waals surface area contributed by atoms with Gasteiger partial charge >= 0.3 is 5.97 Å². The Balaban J connectivity index is 2.37. The molecule has 0 spiro atoms. The molecule has 0 aliphatic carbocycles. The zero-order valence-corrected chi connectivity index (χ0v) is 10.3. The fraction of sp³-hybridized carbons (Fsp3) is 0.214. The number of carbonyl (C=O) groups is 1. The molecule has 0 radical (unpaired) electrons. The summed E-state index contributed by atoms with van der Waals surface area (Å²) in [5.41, 5.74) is 0.945. The Kier molecular flexibility index (Phi) is 3.37. The number of rotatable bonds is 4. The largest absolute Gasteiger partial charge is 0.497 e. The lowest BCUT2D eigenvalue weighted by Crippen LogP contribution is -2.03. The van der Waals surface area contributed by atoms with E-state index < -0.39 is 5.97 Å². The zero-order valence-electron chi connectivity index (χ0n) is 10.3. The summed E-state index contributed by atoms with van der Waals surface area (Å²) >= 11 is 0. The summed E-state index contributed by atoms with van der Waals surface area (Å²) in [7, 11) is 1.55. The van der Waals surface area contributed by atoms with Crippen LogP contribution < -0.4 is 4.74 Å². The molecule has 0 atom stereocenters. The second kappa shape index (κ2) is 4.96. The lowest BCUT2D eigenvalue weighted by Gasteiger charge is -2.07. The van der Waals surface area contributed by atoms with E-state index in [1.165, 1.54) is 0 Å². The van der Waals surface area contributed by atoms with Crippen LogP contribution in [0.1, 0.15) is 27.4 Å². The van der Waals surface area contributed by atoms with Crippen molar-refractivity contribution in [3.63, 3.8) is 0 Å². The Morgan fingerprint density at radius 3 is 2.67 bits per heavy atom. The van der Waals surface area contributed by atoms with Crippen LogP contribution in [0.3, 0.4) is 0 Å². The van der Waals surface area contributed by atoms with Gasteiger partial charge in [0.1, 0.15) is 17.3 Å². The Hall–Kier alpha value is -2.23. The van der Waals surface area contributed by atoms with E-state index in [0.717, 1.165) is 11.5 Å². The SMILES string of the molecule is COc1ccc(C(=O)O)c(Cc2ccc(C)o2)c1. The minimum atomic E-state index is -0.948. The first-order valence-electron chi connectivity index (χ1n) is 5.55. The van der Waals surface area contributed by atoms with Crippen molar-refractivity contribution < 1.29 is 19.1 Å². The highest BCUT2D eigenvalue weighted by molar-refractivity contribution is 5.89. The van der Waals surface area contributed by atoms with Crippen LogP contribution in [-0.4, -0.2) is 18.2 Å². The number of aryl methyl sites for hydroxylation is 1. The molecule has 4 nitrogen and oxygen atoms in total. The number of carboxylic acid groups (broad SMARTS) is 1. The van der Waals surface area contributed by atoms with Gasteiger partial charge in [0.15, 0.2) is 0 Å². The molecule has 0 amide bonds. The number of furan rings is 1. The van der Waals surface area contributed by atoms with E-state index in [9.17, 15) is 4.79 Å². The van der Waals surface area contributed by atoms with Crippen LogP contribution in [0.15, 0.2) is 34.7 Å². The quantitative estimate of drug-likeness (QED) is 0.901. The molecular weight excluding hydrogens is 232 g/mol.